The molecule has 2 nitrogen and oxygen atoms in total. The van der Waals surface area contributed by atoms with Gasteiger partial charge >= 0.3 is 0 Å². The molecule has 0 bridgehead atoms. The van der Waals surface area contributed by atoms with E-state index < -0.39 is 0 Å². The minimum Gasteiger partial charge on any atom is -0.490 e. The maximum atomic E-state index is 6.51. The zero-order valence-electron chi connectivity index (χ0n) is 12.0. The van der Waals surface area contributed by atoms with Crippen molar-refractivity contribution in [1.29, 1.82) is 0 Å². The summed E-state index contributed by atoms with van der Waals surface area (Å²) in [4.78, 5) is 0.343. The first-order chi connectivity index (χ1) is 10.3. The third-order valence-electron chi connectivity index (χ3n) is 5.22. The first-order valence-electron chi connectivity index (χ1n) is 7.99. The Hall–Kier alpha value is -0.410. The van der Waals surface area contributed by atoms with Gasteiger partial charge in [-0.2, -0.15) is 0 Å². The molecule has 2 saturated carbocycles. The Balaban J connectivity index is 1.61. The fraction of sp³-hybridized carbons (Fsp3) is 0.647. The lowest BCUT2D eigenvalue weighted by Gasteiger charge is -2.16. The summed E-state index contributed by atoms with van der Waals surface area (Å²) in [5.41, 5.74) is 1.17. The number of alkyl halides is 1. The standard InChI is InChI=1S/C17H20BrClO2/c18-17(16-10-4-1-2-5-11(10)16)12-8-14-15(9-13(12)19)21-7-3-6-20-14/h8-11,16-17H,1-7H2. The largest absolute Gasteiger partial charge is 0.490 e. The monoisotopic (exact) mass is 370 g/mol. The number of hydrogen-bond acceptors (Lipinski definition) is 2. The number of halogens is 2. The average Bonchev–Trinajstić information content (AvgIpc) is 3.25. The van der Waals surface area contributed by atoms with Crippen LogP contribution >= 0.6 is 27.5 Å². The second kappa shape index (κ2) is 5.66. The number of benzene rings is 1. The molecule has 1 aliphatic heterocycles. The first kappa shape index (κ1) is 14.2. The zero-order chi connectivity index (χ0) is 14.4. The lowest BCUT2D eigenvalue weighted by Crippen LogP contribution is -1.99. The van der Waals surface area contributed by atoms with Gasteiger partial charge in [0.1, 0.15) is 0 Å². The molecule has 21 heavy (non-hydrogen) atoms. The van der Waals surface area contributed by atoms with E-state index in [9.17, 15) is 0 Å². The van der Waals surface area contributed by atoms with Crippen LogP contribution in [0.1, 0.15) is 42.5 Å². The van der Waals surface area contributed by atoms with Crippen LogP contribution in [0.3, 0.4) is 0 Å². The maximum Gasteiger partial charge on any atom is 0.162 e. The Morgan fingerprint density at radius 1 is 1.00 bits per heavy atom. The van der Waals surface area contributed by atoms with E-state index in [0.717, 1.165) is 47.3 Å². The summed E-state index contributed by atoms with van der Waals surface area (Å²) in [6.45, 7) is 1.42. The molecular weight excluding hydrogens is 352 g/mol. The summed E-state index contributed by atoms with van der Waals surface area (Å²) in [6.07, 6.45) is 6.49. The van der Waals surface area contributed by atoms with Crippen molar-refractivity contribution in [3.63, 3.8) is 0 Å². The van der Waals surface area contributed by atoms with E-state index >= 15 is 0 Å². The Kier molecular flexibility index (Phi) is 3.83. The quantitative estimate of drug-likeness (QED) is 0.650. The van der Waals surface area contributed by atoms with Gasteiger partial charge in [-0.1, -0.05) is 40.4 Å². The summed E-state index contributed by atoms with van der Waals surface area (Å²) in [6, 6.07) is 4.02. The van der Waals surface area contributed by atoms with Crippen molar-refractivity contribution in [1.82, 2.24) is 0 Å². The van der Waals surface area contributed by atoms with E-state index in [0.29, 0.717) is 11.4 Å². The molecule has 1 heterocycles. The average molecular weight is 372 g/mol. The van der Waals surface area contributed by atoms with Crippen LogP contribution in [0.2, 0.25) is 5.02 Å². The van der Waals surface area contributed by atoms with Gasteiger partial charge in [0.05, 0.1) is 13.2 Å². The van der Waals surface area contributed by atoms with Gasteiger partial charge in [0, 0.05) is 22.3 Å². The predicted octanol–water partition coefficient (Wildman–Crippen LogP) is 5.37. The molecule has 3 atom stereocenters. The SMILES string of the molecule is Clc1cc2c(cc1C(Br)C1C3CCCCC31)OCCCO2. The fourth-order valence-electron chi connectivity index (χ4n) is 4.10. The number of hydrogen-bond donors (Lipinski definition) is 0. The molecule has 4 heteroatoms. The highest BCUT2D eigenvalue weighted by Gasteiger charge is 2.54. The molecule has 1 aromatic carbocycles. The second-order valence-electron chi connectivity index (χ2n) is 6.46. The van der Waals surface area contributed by atoms with Crippen molar-refractivity contribution in [2.24, 2.45) is 17.8 Å². The first-order valence-corrected chi connectivity index (χ1v) is 9.28. The van der Waals surface area contributed by atoms with Crippen molar-refractivity contribution in [3.05, 3.63) is 22.7 Å². The molecule has 2 aliphatic carbocycles. The second-order valence-corrected chi connectivity index (χ2v) is 7.86. The van der Waals surface area contributed by atoms with E-state index in [-0.39, 0.29) is 0 Å². The Morgan fingerprint density at radius 2 is 1.62 bits per heavy atom. The van der Waals surface area contributed by atoms with Gasteiger partial charge in [-0.05, 0) is 42.2 Å². The molecule has 0 radical (unpaired) electrons. The highest BCUT2D eigenvalue weighted by atomic mass is 79.9. The molecule has 0 aromatic heterocycles. The Labute approximate surface area is 139 Å². The minimum atomic E-state index is 0.343. The van der Waals surface area contributed by atoms with Crippen LogP contribution < -0.4 is 9.47 Å². The third kappa shape index (κ3) is 2.57. The molecule has 3 aliphatic rings. The van der Waals surface area contributed by atoms with E-state index in [2.05, 4.69) is 22.0 Å². The highest BCUT2D eigenvalue weighted by molar-refractivity contribution is 9.09. The van der Waals surface area contributed by atoms with Gasteiger partial charge in [0.2, 0.25) is 0 Å². The Morgan fingerprint density at radius 3 is 2.29 bits per heavy atom. The van der Waals surface area contributed by atoms with E-state index in [1.807, 2.05) is 6.07 Å². The van der Waals surface area contributed by atoms with Gasteiger partial charge < -0.3 is 9.47 Å². The summed E-state index contributed by atoms with van der Waals surface area (Å²) < 4.78 is 11.5. The van der Waals surface area contributed by atoms with Gasteiger partial charge in [-0.25, -0.2) is 0 Å². The zero-order valence-corrected chi connectivity index (χ0v) is 14.3. The molecule has 114 valence electrons. The van der Waals surface area contributed by atoms with Crippen molar-refractivity contribution < 1.29 is 9.47 Å². The number of ether oxygens (including phenoxy) is 2. The van der Waals surface area contributed by atoms with Gasteiger partial charge in [0.15, 0.2) is 11.5 Å². The Bertz CT molecular complexity index is 536. The number of fused-ring (bicyclic) bond motifs is 2. The molecule has 1 aromatic rings. The van der Waals surface area contributed by atoms with Gasteiger partial charge in [-0.3, -0.25) is 0 Å². The van der Waals surface area contributed by atoms with Gasteiger partial charge in [0.25, 0.3) is 0 Å². The normalized spacial score (nSPS) is 32.0. The van der Waals surface area contributed by atoms with Crippen LogP contribution in [0.25, 0.3) is 0 Å². The minimum absolute atomic E-state index is 0.343. The van der Waals surface area contributed by atoms with Crippen LogP contribution in [0, 0.1) is 17.8 Å². The molecule has 2 fully saturated rings. The lowest BCUT2D eigenvalue weighted by molar-refractivity contribution is 0.297. The van der Waals surface area contributed by atoms with E-state index in [1.54, 1.807) is 0 Å². The molecule has 0 spiro atoms. The summed E-state index contributed by atoms with van der Waals surface area (Å²) in [5.74, 6) is 4.18. The fourth-order valence-corrected chi connectivity index (χ4v) is 5.67. The summed E-state index contributed by atoms with van der Waals surface area (Å²) >= 11 is 10.4. The van der Waals surface area contributed by atoms with Gasteiger partial charge in [-0.15, -0.1) is 0 Å². The summed E-state index contributed by atoms with van der Waals surface area (Å²) in [7, 11) is 0. The van der Waals surface area contributed by atoms with E-state index in [1.165, 1.54) is 31.2 Å². The molecule has 0 N–H and O–H groups in total. The van der Waals surface area contributed by atoms with Crippen molar-refractivity contribution in [2.45, 2.75) is 36.9 Å². The maximum absolute atomic E-state index is 6.51. The van der Waals surface area contributed by atoms with Crippen molar-refractivity contribution in [2.75, 3.05) is 13.2 Å². The van der Waals surface area contributed by atoms with Crippen LogP contribution in [0.4, 0.5) is 0 Å². The number of rotatable bonds is 2. The molecule has 0 amide bonds. The van der Waals surface area contributed by atoms with Crippen LogP contribution in [0.15, 0.2) is 12.1 Å². The third-order valence-corrected chi connectivity index (χ3v) is 6.66. The van der Waals surface area contributed by atoms with Crippen LogP contribution in [-0.4, -0.2) is 13.2 Å². The highest BCUT2D eigenvalue weighted by Crippen LogP contribution is 2.63. The molecule has 3 unspecified atom stereocenters. The van der Waals surface area contributed by atoms with Crippen molar-refractivity contribution >= 4 is 27.5 Å². The molecule has 0 saturated heterocycles. The topological polar surface area (TPSA) is 18.5 Å². The lowest BCUT2D eigenvalue weighted by atomic mass is 10.0. The van der Waals surface area contributed by atoms with Crippen molar-refractivity contribution in [3.8, 4) is 11.5 Å². The molecular formula is C17H20BrClO2. The van der Waals surface area contributed by atoms with Crippen LogP contribution in [0.5, 0.6) is 11.5 Å². The van der Waals surface area contributed by atoms with Crippen LogP contribution in [-0.2, 0) is 0 Å². The predicted molar refractivity (Wildman–Crippen MR) is 87.7 cm³/mol. The molecule has 4 rings (SSSR count). The van der Waals surface area contributed by atoms with E-state index in [4.69, 9.17) is 21.1 Å². The summed E-state index contributed by atoms with van der Waals surface area (Å²) in [5, 5.41) is 0.796. The smallest absolute Gasteiger partial charge is 0.162 e.